The van der Waals surface area contributed by atoms with Gasteiger partial charge in [-0.05, 0) is 36.8 Å². The van der Waals surface area contributed by atoms with Gasteiger partial charge in [-0.25, -0.2) is 0 Å². The van der Waals surface area contributed by atoms with Gasteiger partial charge in [0.05, 0.1) is 22.5 Å². The van der Waals surface area contributed by atoms with Gasteiger partial charge in [0, 0.05) is 16.1 Å². The van der Waals surface area contributed by atoms with Crippen LogP contribution < -0.4 is 0 Å². The normalized spacial score (nSPS) is 13.7. The Kier molecular flexibility index (Phi) is 3.88. The van der Waals surface area contributed by atoms with E-state index in [0.29, 0.717) is 22.1 Å². The van der Waals surface area contributed by atoms with Crippen molar-refractivity contribution in [2.24, 2.45) is 4.99 Å². The highest BCUT2D eigenvalue weighted by Crippen LogP contribution is 2.36. The molecule has 0 amide bonds. The van der Waals surface area contributed by atoms with E-state index in [9.17, 15) is 13.2 Å². The molecule has 0 spiro atoms. The lowest BCUT2D eigenvalue weighted by molar-refractivity contribution is -0.137. The van der Waals surface area contributed by atoms with Gasteiger partial charge in [-0.15, -0.1) is 0 Å². The fraction of sp³-hybridized carbons (Fsp3) is 0.158. The van der Waals surface area contributed by atoms with E-state index in [1.54, 1.807) is 12.1 Å². The molecule has 0 bridgehead atoms. The van der Waals surface area contributed by atoms with Gasteiger partial charge in [0.1, 0.15) is 6.54 Å². The first kappa shape index (κ1) is 16.8. The van der Waals surface area contributed by atoms with Crippen LogP contribution in [0, 0.1) is 6.92 Å². The van der Waals surface area contributed by atoms with E-state index < -0.39 is 11.7 Å². The Labute approximate surface area is 152 Å². The molecule has 0 N–H and O–H groups in total. The first-order valence-corrected chi connectivity index (χ1v) is 8.20. The van der Waals surface area contributed by atoms with Crippen molar-refractivity contribution in [3.05, 3.63) is 75.6 Å². The molecule has 3 nitrogen and oxygen atoms in total. The highest BCUT2D eigenvalue weighted by atomic mass is 35.5. The van der Waals surface area contributed by atoms with E-state index in [1.807, 2.05) is 13.0 Å². The number of aryl methyl sites for hydroxylation is 1. The lowest BCUT2D eigenvalue weighted by Crippen LogP contribution is -2.08. The van der Waals surface area contributed by atoms with E-state index in [1.165, 1.54) is 12.1 Å². The minimum Gasteiger partial charge on any atom is -0.358 e. The van der Waals surface area contributed by atoms with Gasteiger partial charge < -0.3 is 4.52 Å². The number of aliphatic imine (C=N–C) groups is 1. The average molecular weight is 377 g/mol. The summed E-state index contributed by atoms with van der Waals surface area (Å²) in [6.45, 7) is 2.09. The maximum absolute atomic E-state index is 12.8. The van der Waals surface area contributed by atoms with Crippen LogP contribution >= 0.6 is 11.6 Å². The summed E-state index contributed by atoms with van der Waals surface area (Å²) in [4.78, 5) is 4.57. The van der Waals surface area contributed by atoms with Crippen molar-refractivity contribution < 1.29 is 17.7 Å². The maximum atomic E-state index is 12.8. The van der Waals surface area contributed by atoms with Gasteiger partial charge >= 0.3 is 6.18 Å². The molecule has 0 fully saturated rings. The van der Waals surface area contributed by atoms with Gasteiger partial charge in [-0.3, -0.25) is 4.99 Å². The molecule has 1 aromatic heterocycles. The third kappa shape index (κ3) is 2.80. The smallest absolute Gasteiger partial charge is 0.358 e. The van der Waals surface area contributed by atoms with Crippen molar-refractivity contribution in [3.8, 4) is 11.1 Å². The molecule has 4 rings (SSSR count). The molecule has 2 aromatic carbocycles. The van der Waals surface area contributed by atoms with E-state index in [2.05, 4.69) is 10.1 Å². The lowest BCUT2D eigenvalue weighted by atomic mass is 9.93. The monoisotopic (exact) mass is 376 g/mol. The summed E-state index contributed by atoms with van der Waals surface area (Å²) in [5.74, 6) is 0.619. The van der Waals surface area contributed by atoms with Crippen LogP contribution in [0.3, 0.4) is 0 Å². The van der Waals surface area contributed by atoms with Crippen molar-refractivity contribution >= 4 is 17.3 Å². The lowest BCUT2D eigenvalue weighted by Gasteiger charge is -2.12. The second-order valence-corrected chi connectivity index (χ2v) is 6.43. The van der Waals surface area contributed by atoms with Gasteiger partial charge in [0.25, 0.3) is 0 Å². The van der Waals surface area contributed by atoms with Crippen LogP contribution in [-0.2, 0) is 12.7 Å². The summed E-state index contributed by atoms with van der Waals surface area (Å²) in [5, 5.41) is 4.51. The van der Waals surface area contributed by atoms with Crippen LogP contribution in [0.2, 0.25) is 5.02 Å². The largest absolute Gasteiger partial charge is 0.416 e. The third-order valence-electron chi connectivity index (χ3n) is 4.31. The van der Waals surface area contributed by atoms with Crippen molar-refractivity contribution in [2.75, 3.05) is 0 Å². The summed E-state index contributed by atoms with van der Waals surface area (Å²) in [7, 11) is 0. The van der Waals surface area contributed by atoms with Gasteiger partial charge in [-0.2, -0.15) is 13.2 Å². The fourth-order valence-electron chi connectivity index (χ4n) is 3.10. The molecular weight excluding hydrogens is 365 g/mol. The standard InChI is InChI=1S/C19H12ClF3N2O/c1-10-17-14-7-6-13(20)8-15(14)18(24-9-16(17)26-25-10)11-2-4-12(5-3-11)19(21,22)23/h2-8H,9H2,1H3. The van der Waals surface area contributed by atoms with Crippen LogP contribution in [0.5, 0.6) is 0 Å². The number of aromatic nitrogens is 1. The number of hydrogen-bond acceptors (Lipinski definition) is 3. The molecular formula is C19H12ClF3N2O. The van der Waals surface area contributed by atoms with E-state index in [4.69, 9.17) is 16.1 Å². The van der Waals surface area contributed by atoms with Crippen molar-refractivity contribution in [2.45, 2.75) is 19.6 Å². The predicted octanol–water partition coefficient (Wildman–Crippen LogP) is 5.67. The molecule has 3 aromatic rings. The highest BCUT2D eigenvalue weighted by Gasteiger charge is 2.30. The minimum absolute atomic E-state index is 0.249. The van der Waals surface area contributed by atoms with E-state index in [-0.39, 0.29) is 6.54 Å². The van der Waals surface area contributed by atoms with E-state index >= 15 is 0 Å². The minimum atomic E-state index is -4.38. The van der Waals surface area contributed by atoms with E-state index in [0.717, 1.165) is 34.5 Å². The Balaban J connectivity index is 1.88. The Morgan fingerprint density at radius 2 is 1.77 bits per heavy atom. The quantitative estimate of drug-likeness (QED) is 0.548. The second kappa shape index (κ2) is 5.99. The number of fused-ring (bicyclic) bond motifs is 3. The van der Waals surface area contributed by atoms with Gasteiger partial charge in [0.15, 0.2) is 5.76 Å². The topological polar surface area (TPSA) is 38.4 Å². The Morgan fingerprint density at radius 3 is 2.46 bits per heavy atom. The molecule has 0 saturated heterocycles. The first-order valence-electron chi connectivity index (χ1n) is 7.82. The summed E-state index contributed by atoms with van der Waals surface area (Å²) in [6.07, 6.45) is -4.38. The third-order valence-corrected chi connectivity index (χ3v) is 4.54. The molecule has 132 valence electrons. The molecule has 0 unspecified atom stereocenters. The second-order valence-electron chi connectivity index (χ2n) is 6.00. The number of halogens is 4. The molecule has 2 heterocycles. The van der Waals surface area contributed by atoms with Crippen molar-refractivity contribution in [3.63, 3.8) is 0 Å². The Morgan fingerprint density at radius 1 is 1.04 bits per heavy atom. The van der Waals surface area contributed by atoms with Gasteiger partial charge in [0.2, 0.25) is 0 Å². The predicted molar refractivity (Wildman–Crippen MR) is 92.5 cm³/mol. The zero-order chi connectivity index (χ0) is 18.5. The first-order chi connectivity index (χ1) is 12.3. The number of benzene rings is 2. The number of hydrogen-bond donors (Lipinski definition) is 0. The van der Waals surface area contributed by atoms with Crippen molar-refractivity contribution in [1.82, 2.24) is 5.16 Å². The number of nitrogens with zero attached hydrogens (tertiary/aromatic N) is 2. The molecule has 26 heavy (non-hydrogen) atoms. The van der Waals surface area contributed by atoms with Crippen LogP contribution in [-0.4, -0.2) is 10.9 Å². The molecule has 1 aliphatic heterocycles. The summed E-state index contributed by atoms with van der Waals surface area (Å²) in [5.41, 5.74) is 3.62. The molecule has 0 radical (unpaired) electrons. The zero-order valence-electron chi connectivity index (χ0n) is 13.6. The average Bonchev–Trinajstić information content (AvgIpc) is 2.87. The number of alkyl halides is 3. The van der Waals surface area contributed by atoms with Crippen LogP contribution in [0.4, 0.5) is 13.2 Å². The Hall–Kier alpha value is -2.60. The summed E-state index contributed by atoms with van der Waals surface area (Å²) in [6, 6.07) is 10.3. The van der Waals surface area contributed by atoms with Crippen LogP contribution in [0.15, 0.2) is 52.0 Å². The van der Waals surface area contributed by atoms with Crippen molar-refractivity contribution in [1.29, 1.82) is 0 Å². The molecule has 1 aliphatic rings. The zero-order valence-corrected chi connectivity index (χ0v) is 14.3. The highest BCUT2D eigenvalue weighted by molar-refractivity contribution is 6.31. The molecule has 0 atom stereocenters. The van der Waals surface area contributed by atoms with Gasteiger partial charge in [-0.1, -0.05) is 35.0 Å². The SMILES string of the molecule is Cc1noc2c1-c1ccc(Cl)cc1C(c1ccc(C(F)(F)F)cc1)=NC2. The Bertz CT molecular complexity index is 1020. The van der Waals surface area contributed by atoms with Crippen LogP contribution in [0.1, 0.15) is 28.1 Å². The molecule has 0 saturated carbocycles. The molecule has 7 heteroatoms. The maximum Gasteiger partial charge on any atom is 0.416 e. The fourth-order valence-corrected chi connectivity index (χ4v) is 3.27. The summed E-state index contributed by atoms with van der Waals surface area (Å²) >= 11 is 6.17. The van der Waals surface area contributed by atoms with Crippen LogP contribution in [0.25, 0.3) is 11.1 Å². The summed E-state index contributed by atoms with van der Waals surface area (Å²) < 4.78 is 43.9. The molecule has 0 aliphatic carbocycles. The number of rotatable bonds is 1.